The smallest absolute Gasteiger partial charge is 0.269 e. The van der Waals surface area contributed by atoms with Crippen LogP contribution in [0.4, 0.5) is 5.69 Å². The van der Waals surface area contributed by atoms with Crippen molar-refractivity contribution in [1.82, 2.24) is 15.0 Å². The summed E-state index contributed by atoms with van der Waals surface area (Å²) in [6.07, 6.45) is 1.70. The number of hydrogen-bond acceptors (Lipinski definition) is 5. The first-order valence-corrected chi connectivity index (χ1v) is 5.00. The molecule has 1 unspecified atom stereocenters. The van der Waals surface area contributed by atoms with Crippen LogP contribution in [-0.2, 0) is 0 Å². The molecule has 0 saturated heterocycles. The molecule has 1 aromatic carbocycles. The molecule has 2 rings (SSSR count). The highest BCUT2D eigenvalue weighted by Gasteiger charge is 2.08. The van der Waals surface area contributed by atoms with Gasteiger partial charge in [0.25, 0.3) is 5.69 Å². The third-order valence-corrected chi connectivity index (χ3v) is 2.30. The highest BCUT2D eigenvalue weighted by atomic mass is 16.6. The fourth-order valence-corrected chi connectivity index (χ4v) is 1.34. The van der Waals surface area contributed by atoms with E-state index < -0.39 is 4.92 Å². The van der Waals surface area contributed by atoms with Gasteiger partial charge in [0.1, 0.15) is 0 Å². The predicted molar refractivity (Wildman–Crippen MR) is 60.6 cm³/mol. The summed E-state index contributed by atoms with van der Waals surface area (Å²) in [4.78, 5) is 10.1. The van der Waals surface area contributed by atoms with E-state index >= 15 is 0 Å². The van der Waals surface area contributed by atoms with Crippen molar-refractivity contribution >= 4 is 5.69 Å². The molecule has 1 heterocycles. The first-order chi connectivity index (χ1) is 8.08. The zero-order chi connectivity index (χ0) is 12.4. The maximum absolute atomic E-state index is 10.5. The zero-order valence-electron chi connectivity index (χ0n) is 9.15. The van der Waals surface area contributed by atoms with Crippen molar-refractivity contribution in [2.75, 3.05) is 0 Å². The molecule has 2 N–H and O–H groups in total. The molecule has 7 heteroatoms. The number of benzene rings is 1. The third-order valence-electron chi connectivity index (χ3n) is 2.30. The van der Waals surface area contributed by atoms with E-state index in [1.807, 2.05) is 6.92 Å². The molecule has 0 aliphatic rings. The lowest BCUT2D eigenvalue weighted by Crippen LogP contribution is -2.04. The number of nitrogens with two attached hydrogens (primary N) is 1. The lowest BCUT2D eigenvalue weighted by Gasteiger charge is -1.99. The first kappa shape index (κ1) is 11.2. The minimum Gasteiger partial charge on any atom is -0.323 e. The Morgan fingerprint density at radius 1 is 1.41 bits per heavy atom. The van der Waals surface area contributed by atoms with Crippen LogP contribution in [0.1, 0.15) is 18.7 Å². The van der Waals surface area contributed by atoms with Gasteiger partial charge in [0.05, 0.1) is 22.5 Å². The van der Waals surface area contributed by atoms with E-state index in [1.54, 1.807) is 18.3 Å². The Balaban J connectivity index is 2.30. The van der Waals surface area contributed by atoms with E-state index in [4.69, 9.17) is 5.73 Å². The Morgan fingerprint density at radius 2 is 2.06 bits per heavy atom. The topological polar surface area (TPSA) is 99.9 Å². The summed E-state index contributed by atoms with van der Waals surface area (Å²) in [6, 6.07) is 5.86. The van der Waals surface area contributed by atoms with Crippen LogP contribution in [0.5, 0.6) is 0 Å². The number of non-ortho nitro benzene ring substituents is 1. The van der Waals surface area contributed by atoms with Gasteiger partial charge in [-0.1, -0.05) is 5.21 Å². The molecule has 0 fully saturated rings. The Morgan fingerprint density at radius 3 is 2.53 bits per heavy atom. The quantitative estimate of drug-likeness (QED) is 0.634. The zero-order valence-corrected chi connectivity index (χ0v) is 9.15. The summed E-state index contributed by atoms with van der Waals surface area (Å²) < 4.78 is 1.53. The van der Waals surface area contributed by atoms with E-state index in [0.717, 1.165) is 0 Å². The Labute approximate surface area is 97.0 Å². The van der Waals surface area contributed by atoms with E-state index in [0.29, 0.717) is 11.4 Å². The van der Waals surface area contributed by atoms with Crippen LogP contribution < -0.4 is 5.73 Å². The molecule has 17 heavy (non-hydrogen) atoms. The molecule has 7 nitrogen and oxygen atoms in total. The SMILES string of the molecule is CC(N)c1cn(-c2ccc([N+](=O)[O-])cc2)nn1. The van der Waals surface area contributed by atoms with Gasteiger partial charge in [-0.15, -0.1) is 5.10 Å². The summed E-state index contributed by atoms with van der Waals surface area (Å²) in [5, 5.41) is 18.3. The van der Waals surface area contributed by atoms with Crippen LogP contribution in [0, 0.1) is 10.1 Å². The van der Waals surface area contributed by atoms with Gasteiger partial charge in [-0.2, -0.15) is 0 Å². The van der Waals surface area contributed by atoms with Gasteiger partial charge in [0.15, 0.2) is 0 Å². The standard InChI is InChI=1S/C10H11N5O2/c1-7(11)10-6-14(13-12-10)8-2-4-9(5-3-8)15(16)17/h2-7H,11H2,1H3. The molecule has 0 spiro atoms. The van der Waals surface area contributed by atoms with Crippen molar-refractivity contribution in [1.29, 1.82) is 0 Å². The predicted octanol–water partition coefficient (Wildman–Crippen LogP) is 1.20. The number of hydrogen-bond donors (Lipinski definition) is 1. The molecule has 0 aliphatic carbocycles. The van der Waals surface area contributed by atoms with E-state index in [9.17, 15) is 10.1 Å². The van der Waals surface area contributed by atoms with E-state index in [1.165, 1.54) is 16.8 Å². The number of nitrogens with zero attached hydrogens (tertiary/aromatic N) is 4. The van der Waals surface area contributed by atoms with Crippen molar-refractivity contribution in [3.8, 4) is 5.69 Å². The molecule has 88 valence electrons. The van der Waals surface area contributed by atoms with Crippen molar-refractivity contribution < 1.29 is 4.92 Å². The second-order valence-electron chi connectivity index (χ2n) is 3.65. The summed E-state index contributed by atoms with van der Waals surface area (Å²) in [6.45, 7) is 1.81. The molecule has 1 aromatic heterocycles. The van der Waals surface area contributed by atoms with Crippen LogP contribution in [0.25, 0.3) is 5.69 Å². The monoisotopic (exact) mass is 233 g/mol. The molecule has 0 amide bonds. The first-order valence-electron chi connectivity index (χ1n) is 5.00. The van der Waals surface area contributed by atoms with Crippen LogP contribution in [0.15, 0.2) is 30.5 Å². The molecular weight excluding hydrogens is 222 g/mol. The largest absolute Gasteiger partial charge is 0.323 e. The Kier molecular flexibility index (Phi) is 2.84. The Bertz CT molecular complexity index is 532. The van der Waals surface area contributed by atoms with Crippen LogP contribution in [-0.4, -0.2) is 19.9 Å². The van der Waals surface area contributed by atoms with Gasteiger partial charge >= 0.3 is 0 Å². The lowest BCUT2D eigenvalue weighted by molar-refractivity contribution is -0.384. The fourth-order valence-electron chi connectivity index (χ4n) is 1.34. The lowest BCUT2D eigenvalue weighted by atomic mass is 10.2. The second kappa shape index (κ2) is 4.30. The normalized spacial score (nSPS) is 12.4. The Hall–Kier alpha value is -2.28. The summed E-state index contributed by atoms with van der Waals surface area (Å²) in [5.41, 5.74) is 7.08. The average Bonchev–Trinajstić information content (AvgIpc) is 2.78. The molecule has 0 bridgehead atoms. The molecular formula is C10H11N5O2. The van der Waals surface area contributed by atoms with E-state index in [-0.39, 0.29) is 11.7 Å². The maximum atomic E-state index is 10.5. The fraction of sp³-hybridized carbons (Fsp3) is 0.200. The molecule has 2 aromatic rings. The average molecular weight is 233 g/mol. The van der Waals surface area contributed by atoms with Gasteiger partial charge in [-0.05, 0) is 19.1 Å². The van der Waals surface area contributed by atoms with Crippen molar-refractivity contribution in [3.63, 3.8) is 0 Å². The van der Waals surface area contributed by atoms with E-state index in [2.05, 4.69) is 10.3 Å². The van der Waals surface area contributed by atoms with Gasteiger partial charge in [-0.25, -0.2) is 4.68 Å². The van der Waals surface area contributed by atoms with Crippen LogP contribution in [0.2, 0.25) is 0 Å². The van der Waals surface area contributed by atoms with Gasteiger partial charge < -0.3 is 5.73 Å². The van der Waals surface area contributed by atoms with Crippen LogP contribution in [0.3, 0.4) is 0 Å². The number of nitro benzene ring substituents is 1. The number of aromatic nitrogens is 3. The van der Waals surface area contributed by atoms with Crippen molar-refractivity contribution in [2.45, 2.75) is 13.0 Å². The van der Waals surface area contributed by atoms with Gasteiger partial charge in [0.2, 0.25) is 0 Å². The maximum Gasteiger partial charge on any atom is 0.269 e. The van der Waals surface area contributed by atoms with Crippen LogP contribution >= 0.6 is 0 Å². The highest BCUT2D eigenvalue weighted by molar-refractivity contribution is 5.40. The summed E-state index contributed by atoms with van der Waals surface area (Å²) in [7, 11) is 0. The molecule has 1 atom stereocenters. The summed E-state index contributed by atoms with van der Waals surface area (Å²) in [5.74, 6) is 0. The number of nitro groups is 1. The van der Waals surface area contributed by atoms with Crippen molar-refractivity contribution in [3.05, 3.63) is 46.3 Å². The third kappa shape index (κ3) is 2.28. The minimum atomic E-state index is -0.446. The second-order valence-corrected chi connectivity index (χ2v) is 3.65. The summed E-state index contributed by atoms with van der Waals surface area (Å²) >= 11 is 0. The minimum absolute atomic E-state index is 0.0429. The number of rotatable bonds is 3. The molecule has 0 radical (unpaired) electrons. The molecule has 0 aliphatic heterocycles. The van der Waals surface area contributed by atoms with Gasteiger partial charge in [-0.3, -0.25) is 10.1 Å². The molecule has 0 saturated carbocycles. The highest BCUT2D eigenvalue weighted by Crippen LogP contribution is 2.15. The van der Waals surface area contributed by atoms with Crippen molar-refractivity contribution in [2.24, 2.45) is 5.73 Å². The van der Waals surface area contributed by atoms with Gasteiger partial charge in [0, 0.05) is 18.2 Å².